The Labute approximate surface area is 193 Å². The van der Waals surface area contributed by atoms with Gasteiger partial charge in [0.05, 0.1) is 22.6 Å². The SMILES string of the molecule is CCOC(=O)c1c(C)sc(-c2c(-c3ccc(CC)cc3)[nH]c3c2c(=O)n(C)c(=O)n3C)c1O. The maximum atomic E-state index is 13.2. The van der Waals surface area contributed by atoms with Crippen LogP contribution in [0.15, 0.2) is 33.9 Å². The molecular formula is C24H25N3O5S. The molecule has 0 amide bonds. The van der Waals surface area contributed by atoms with Gasteiger partial charge in [-0.05, 0) is 31.4 Å². The number of aromatic hydroxyl groups is 1. The van der Waals surface area contributed by atoms with Crippen LogP contribution in [0.2, 0.25) is 0 Å². The van der Waals surface area contributed by atoms with Crippen LogP contribution in [0.4, 0.5) is 0 Å². The molecule has 9 heteroatoms. The summed E-state index contributed by atoms with van der Waals surface area (Å²) in [6, 6.07) is 7.84. The molecule has 0 aliphatic heterocycles. The van der Waals surface area contributed by atoms with Crippen molar-refractivity contribution in [3.63, 3.8) is 0 Å². The van der Waals surface area contributed by atoms with Crippen LogP contribution in [0.25, 0.3) is 32.7 Å². The zero-order valence-corrected chi connectivity index (χ0v) is 19.9. The number of esters is 1. The van der Waals surface area contributed by atoms with Gasteiger partial charge in [0.2, 0.25) is 0 Å². The van der Waals surface area contributed by atoms with Gasteiger partial charge in [0.15, 0.2) is 0 Å². The molecule has 0 aliphatic rings. The lowest BCUT2D eigenvalue weighted by molar-refractivity contribution is 0.0523. The number of ether oxygens (including phenoxy) is 1. The minimum atomic E-state index is -0.621. The number of carbonyl (C=O) groups is 1. The van der Waals surface area contributed by atoms with E-state index in [-0.39, 0.29) is 23.3 Å². The average molecular weight is 468 g/mol. The number of nitrogens with one attached hydrogen (secondary N) is 1. The monoisotopic (exact) mass is 467 g/mol. The highest BCUT2D eigenvalue weighted by molar-refractivity contribution is 7.16. The summed E-state index contributed by atoms with van der Waals surface area (Å²) < 4.78 is 7.52. The molecule has 0 aliphatic carbocycles. The lowest BCUT2D eigenvalue weighted by Gasteiger charge is -2.06. The Morgan fingerprint density at radius 3 is 2.39 bits per heavy atom. The first-order chi connectivity index (χ1) is 15.7. The highest BCUT2D eigenvalue weighted by Crippen LogP contribution is 2.47. The van der Waals surface area contributed by atoms with Crippen LogP contribution in [0.5, 0.6) is 5.75 Å². The van der Waals surface area contributed by atoms with E-state index in [1.807, 2.05) is 24.3 Å². The Hall–Kier alpha value is -3.59. The number of aromatic nitrogens is 3. The molecule has 3 heterocycles. The molecule has 0 unspecified atom stereocenters. The fraction of sp³-hybridized carbons (Fsp3) is 0.292. The van der Waals surface area contributed by atoms with Gasteiger partial charge in [-0.25, -0.2) is 9.59 Å². The lowest BCUT2D eigenvalue weighted by Crippen LogP contribution is -2.36. The maximum Gasteiger partial charge on any atom is 0.343 e. The first kappa shape index (κ1) is 22.6. The Kier molecular flexibility index (Phi) is 5.75. The second-order valence-electron chi connectivity index (χ2n) is 7.79. The third-order valence-electron chi connectivity index (χ3n) is 5.82. The van der Waals surface area contributed by atoms with Gasteiger partial charge < -0.3 is 14.8 Å². The van der Waals surface area contributed by atoms with Crippen molar-refractivity contribution in [3.05, 3.63) is 61.1 Å². The van der Waals surface area contributed by atoms with Gasteiger partial charge in [-0.2, -0.15) is 0 Å². The van der Waals surface area contributed by atoms with Crippen molar-refractivity contribution in [1.29, 1.82) is 0 Å². The van der Waals surface area contributed by atoms with Crippen LogP contribution in [0.3, 0.4) is 0 Å². The molecule has 0 radical (unpaired) electrons. The number of hydrogen-bond acceptors (Lipinski definition) is 6. The number of aromatic amines is 1. The summed E-state index contributed by atoms with van der Waals surface area (Å²) >= 11 is 1.20. The number of nitrogens with zero attached hydrogens (tertiary/aromatic N) is 2. The Morgan fingerprint density at radius 2 is 1.79 bits per heavy atom. The van der Waals surface area contributed by atoms with Crippen LogP contribution < -0.4 is 11.2 Å². The fourth-order valence-corrected chi connectivity index (χ4v) is 5.11. The van der Waals surface area contributed by atoms with E-state index in [4.69, 9.17) is 4.74 Å². The van der Waals surface area contributed by atoms with Crippen molar-refractivity contribution < 1.29 is 14.6 Å². The van der Waals surface area contributed by atoms with Gasteiger partial charge in [0, 0.05) is 24.5 Å². The minimum absolute atomic E-state index is 0.0834. The summed E-state index contributed by atoms with van der Waals surface area (Å²) in [5.41, 5.74) is 2.45. The van der Waals surface area contributed by atoms with Crippen LogP contribution in [0.1, 0.15) is 34.6 Å². The van der Waals surface area contributed by atoms with Crippen molar-refractivity contribution in [2.45, 2.75) is 27.2 Å². The Morgan fingerprint density at radius 1 is 1.12 bits per heavy atom. The van der Waals surface area contributed by atoms with E-state index in [1.165, 1.54) is 23.0 Å². The molecule has 0 saturated carbocycles. The van der Waals surface area contributed by atoms with E-state index in [9.17, 15) is 19.5 Å². The van der Waals surface area contributed by atoms with Gasteiger partial charge in [-0.3, -0.25) is 13.9 Å². The van der Waals surface area contributed by atoms with Crippen molar-refractivity contribution in [3.8, 4) is 27.4 Å². The molecule has 1 aromatic carbocycles. The molecule has 4 aromatic rings. The maximum absolute atomic E-state index is 13.2. The molecule has 0 fully saturated rings. The molecule has 0 spiro atoms. The summed E-state index contributed by atoms with van der Waals surface area (Å²) in [6.45, 7) is 5.65. The molecule has 4 rings (SSSR count). The van der Waals surface area contributed by atoms with Gasteiger partial charge in [-0.1, -0.05) is 31.2 Å². The summed E-state index contributed by atoms with van der Waals surface area (Å²) in [7, 11) is 3.00. The van der Waals surface area contributed by atoms with Crippen LogP contribution >= 0.6 is 11.3 Å². The molecule has 0 atom stereocenters. The van der Waals surface area contributed by atoms with E-state index >= 15 is 0 Å². The first-order valence-electron chi connectivity index (χ1n) is 10.6. The van der Waals surface area contributed by atoms with Gasteiger partial charge >= 0.3 is 11.7 Å². The molecular weight excluding hydrogens is 442 g/mol. The zero-order chi connectivity index (χ0) is 24.0. The number of rotatable bonds is 5. The highest BCUT2D eigenvalue weighted by Gasteiger charge is 2.29. The highest BCUT2D eigenvalue weighted by atomic mass is 32.1. The van der Waals surface area contributed by atoms with Crippen molar-refractivity contribution in [1.82, 2.24) is 14.1 Å². The third kappa shape index (κ3) is 3.48. The van der Waals surface area contributed by atoms with Gasteiger partial charge in [0.25, 0.3) is 5.56 Å². The number of carbonyl (C=O) groups excluding carboxylic acids is 1. The van der Waals surface area contributed by atoms with E-state index in [0.29, 0.717) is 26.7 Å². The molecule has 3 aromatic heterocycles. The predicted molar refractivity (Wildman–Crippen MR) is 129 cm³/mol. The van der Waals surface area contributed by atoms with E-state index in [0.717, 1.165) is 22.1 Å². The van der Waals surface area contributed by atoms with Gasteiger partial charge in [0.1, 0.15) is 17.0 Å². The van der Waals surface area contributed by atoms with E-state index in [2.05, 4.69) is 11.9 Å². The van der Waals surface area contributed by atoms with Crippen LogP contribution in [-0.4, -0.2) is 31.8 Å². The van der Waals surface area contributed by atoms with E-state index in [1.54, 1.807) is 20.9 Å². The minimum Gasteiger partial charge on any atom is -0.505 e. The predicted octanol–water partition coefficient (Wildman–Crippen LogP) is 3.71. The number of hydrogen-bond donors (Lipinski definition) is 2. The third-order valence-corrected chi connectivity index (χ3v) is 6.94. The number of thiophene rings is 1. The average Bonchev–Trinajstić information content (AvgIpc) is 3.33. The smallest absolute Gasteiger partial charge is 0.343 e. The summed E-state index contributed by atoms with van der Waals surface area (Å²) in [5, 5.41) is 11.4. The normalized spacial score (nSPS) is 11.3. The summed E-state index contributed by atoms with van der Waals surface area (Å²) in [5.74, 6) is -0.858. The molecule has 8 nitrogen and oxygen atoms in total. The molecule has 172 valence electrons. The number of benzene rings is 1. The lowest BCUT2D eigenvalue weighted by atomic mass is 10.0. The first-order valence-corrected chi connectivity index (χ1v) is 11.4. The summed E-state index contributed by atoms with van der Waals surface area (Å²) in [6.07, 6.45) is 0.878. The van der Waals surface area contributed by atoms with E-state index < -0.39 is 17.2 Å². The number of H-pyrrole nitrogens is 1. The molecule has 0 bridgehead atoms. The molecule has 33 heavy (non-hydrogen) atoms. The fourth-order valence-electron chi connectivity index (χ4n) is 4.02. The standard InChI is InChI=1S/C24H25N3O5S/c1-6-13-8-10-14(11-9-13)18-16(17-21(25-18)26(4)24(31)27(5)22(17)29)20-19(28)15(12(3)33-20)23(30)32-7-2/h8-11,25,28H,6-7H2,1-5H3. The number of aryl methyl sites for hydroxylation is 3. The van der Waals surface area contributed by atoms with Crippen LogP contribution in [-0.2, 0) is 25.3 Å². The zero-order valence-electron chi connectivity index (χ0n) is 19.1. The topological polar surface area (TPSA) is 106 Å². The Bertz CT molecular complexity index is 1500. The Balaban J connectivity index is 2.13. The van der Waals surface area contributed by atoms with Crippen molar-refractivity contribution >= 4 is 28.3 Å². The largest absolute Gasteiger partial charge is 0.505 e. The molecule has 2 N–H and O–H groups in total. The van der Waals surface area contributed by atoms with Crippen LogP contribution in [0, 0.1) is 6.92 Å². The second kappa shape index (κ2) is 8.40. The number of fused-ring (bicyclic) bond motifs is 1. The van der Waals surface area contributed by atoms with Gasteiger partial charge in [-0.15, -0.1) is 11.3 Å². The quantitative estimate of drug-likeness (QED) is 0.435. The molecule has 0 saturated heterocycles. The van der Waals surface area contributed by atoms with Crippen molar-refractivity contribution in [2.24, 2.45) is 14.1 Å². The van der Waals surface area contributed by atoms with Crippen molar-refractivity contribution in [2.75, 3.05) is 6.61 Å². The second-order valence-corrected chi connectivity index (χ2v) is 9.01. The summed E-state index contributed by atoms with van der Waals surface area (Å²) in [4.78, 5) is 42.5.